The molecule has 1 heterocycles. The number of hydrogen-bond acceptors (Lipinski definition) is 3. The quantitative estimate of drug-likeness (QED) is 0.913. The van der Waals surface area contributed by atoms with Crippen molar-refractivity contribution in [2.24, 2.45) is 0 Å². The van der Waals surface area contributed by atoms with Crippen LogP contribution in [0.5, 0.6) is 5.75 Å². The van der Waals surface area contributed by atoms with Gasteiger partial charge in [0, 0.05) is 9.35 Å². The Morgan fingerprint density at radius 3 is 2.59 bits per heavy atom. The average Bonchev–Trinajstić information content (AvgIpc) is 2.86. The molecule has 0 aliphatic carbocycles. The first kappa shape index (κ1) is 12.6. The van der Waals surface area contributed by atoms with E-state index < -0.39 is 0 Å². The van der Waals surface area contributed by atoms with Crippen molar-refractivity contribution in [1.29, 1.82) is 0 Å². The normalized spacial score (nSPS) is 12.4. The zero-order valence-electron chi connectivity index (χ0n) is 9.17. The van der Waals surface area contributed by atoms with Gasteiger partial charge in [-0.1, -0.05) is 22.0 Å². The molecule has 0 saturated heterocycles. The van der Waals surface area contributed by atoms with Gasteiger partial charge in [-0.25, -0.2) is 0 Å². The monoisotopic (exact) mass is 312 g/mol. The van der Waals surface area contributed by atoms with Crippen LogP contribution in [-0.2, 0) is 0 Å². The van der Waals surface area contributed by atoms with Crippen LogP contribution in [0.2, 0.25) is 0 Å². The largest absolute Gasteiger partial charge is 0.493 e. The lowest BCUT2D eigenvalue weighted by Crippen LogP contribution is -2.12. The summed E-state index contributed by atoms with van der Waals surface area (Å²) < 4.78 is 6.69. The number of hydrogen-bond donors (Lipinski definition) is 1. The number of halogens is 1. The molecular formula is C13H13BrO2S. The van der Waals surface area contributed by atoms with Crippen molar-refractivity contribution < 1.29 is 9.84 Å². The van der Waals surface area contributed by atoms with Crippen molar-refractivity contribution in [2.45, 2.75) is 5.92 Å². The van der Waals surface area contributed by atoms with E-state index in [1.807, 2.05) is 41.8 Å². The zero-order valence-corrected chi connectivity index (χ0v) is 11.6. The Morgan fingerprint density at radius 2 is 2.00 bits per heavy atom. The maximum absolute atomic E-state index is 9.34. The van der Waals surface area contributed by atoms with Gasteiger partial charge < -0.3 is 9.84 Å². The van der Waals surface area contributed by atoms with Crippen LogP contribution in [0.25, 0.3) is 0 Å². The summed E-state index contributed by atoms with van der Waals surface area (Å²) in [5.74, 6) is 0.877. The molecule has 1 aromatic carbocycles. The molecule has 1 unspecified atom stereocenters. The van der Waals surface area contributed by atoms with Gasteiger partial charge in [0.2, 0.25) is 0 Å². The molecule has 1 N–H and O–H groups in total. The van der Waals surface area contributed by atoms with Crippen molar-refractivity contribution in [3.8, 4) is 5.75 Å². The fourth-order valence-electron chi connectivity index (χ4n) is 1.48. The van der Waals surface area contributed by atoms with Gasteiger partial charge in [-0.2, -0.15) is 0 Å². The number of ether oxygens (including phenoxy) is 1. The highest BCUT2D eigenvalue weighted by molar-refractivity contribution is 9.10. The van der Waals surface area contributed by atoms with Crippen LogP contribution in [0.1, 0.15) is 10.8 Å². The van der Waals surface area contributed by atoms with Crippen LogP contribution in [0, 0.1) is 0 Å². The lowest BCUT2D eigenvalue weighted by Gasteiger charge is -2.13. The third kappa shape index (κ3) is 3.56. The Labute approximate surface area is 113 Å². The Kier molecular flexibility index (Phi) is 4.59. The summed E-state index contributed by atoms with van der Waals surface area (Å²) in [6.07, 6.45) is 0. The molecule has 2 aromatic rings. The van der Waals surface area contributed by atoms with Crippen LogP contribution in [0.3, 0.4) is 0 Å². The zero-order chi connectivity index (χ0) is 12.1. The summed E-state index contributed by atoms with van der Waals surface area (Å²) in [5, 5.41) is 11.4. The molecule has 0 saturated carbocycles. The van der Waals surface area contributed by atoms with Crippen LogP contribution in [0.15, 0.2) is 46.3 Å². The van der Waals surface area contributed by atoms with E-state index in [9.17, 15) is 5.11 Å². The van der Waals surface area contributed by atoms with E-state index in [1.54, 1.807) is 11.3 Å². The minimum Gasteiger partial charge on any atom is -0.493 e. The summed E-state index contributed by atoms with van der Waals surface area (Å²) >= 11 is 5.02. The summed E-state index contributed by atoms with van der Waals surface area (Å²) in [7, 11) is 0. The van der Waals surface area contributed by atoms with E-state index in [1.165, 1.54) is 0 Å². The number of aliphatic hydroxyl groups is 1. The third-order valence-electron chi connectivity index (χ3n) is 2.43. The standard InChI is InChI=1S/C13H13BrO2S/c14-11-3-5-12(6-4-11)16-9-10(8-15)13-2-1-7-17-13/h1-7,10,15H,8-9H2. The van der Waals surface area contributed by atoms with Gasteiger partial charge in [0.25, 0.3) is 0 Å². The molecule has 2 nitrogen and oxygen atoms in total. The second-order valence-electron chi connectivity index (χ2n) is 3.66. The Bertz CT molecular complexity index is 439. The first-order valence-corrected chi connectivity index (χ1v) is 6.99. The molecule has 1 atom stereocenters. The minimum absolute atomic E-state index is 0.0543. The fourth-order valence-corrected chi connectivity index (χ4v) is 2.55. The van der Waals surface area contributed by atoms with E-state index in [2.05, 4.69) is 15.9 Å². The smallest absolute Gasteiger partial charge is 0.119 e. The lowest BCUT2D eigenvalue weighted by atomic mass is 10.1. The van der Waals surface area contributed by atoms with Crippen LogP contribution < -0.4 is 4.74 Å². The van der Waals surface area contributed by atoms with Gasteiger partial charge in [-0.15, -0.1) is 11.3 Å². The fraction of sp³-hybridized carbons (Fsp3) is 0.231. The van der Waals surface area contributed by atoms with Gasteiger partial charge in [0.1, 0.15) is 5.75 Å². The molecule has 90 valence electrons. The molecular weight excluding hydrogens is 300 g/mol. The predicted octanol–water partition coefficient (Wildman–Crippen LogP) is 3.67. The van der Waals surface area contributed by atoms with Crippen LogP contribution >= 0.6 is 27.3 Å². The summed E-state index contributed by atoms with van der Waals surface area (Å²) in [4.78, 5) is 1.16. The number of thiophene rings is 1. The Balaban J connectivity index is 1.94. The Hall–Kier alpha value is -0.840. The van der Waals surface area contributed by atoms with E-state index in [-0.39, 0.29) is 12.5 Å². The summed E-state index contributed by atoms with van der Waals surface area (Å²) in [6.45, 7) is 0.607. The maximum Gasteiger partial charge on any atom is 0.119 e. The highest BCUT2D eigenvalue weighted by atomic mass is 79.9. The molecule has 0 fully saturated rings. The van der Waals surface area contributed by atoms with E-state index in [0.29, 0.717) is 6.61 Å². The molecule has 0 radical (unpaired) electrons. The molecule has 0 aliphatic heterocycles. The summed E-state index contributed by atoms with van der Waals surface area (Å²) in [5.41, 5.74) is 0. The number of aliphatic hydroxyl groups excluding tert-OH is 1. The van der Waals surface area contributed by atoms with Crippen LogP contribution in [-0.4, -0.2) is 18.3 Å². The molecule has 4 heteroatoms. The molecule has 0 aliphatic rings. The first-order valence-electron chi connectivity index (χ1n) is 5.32. The molecule has 0 amide bonds. The minimum atomic E-state index is 0.0543. The van der Waals surface area contributed by atoms with E-state index in [0.717, 1.165) is 15.1 Å². The highest BCUT2D eigenvalue weighted by Gasteiger charge is 2.12. The predicted molar refractivity (Wildman–Crippen MR) is 73.8 cm³/mol. The van der Waals surface area contributed by atoms with Gasteiger partial charge in [0.05, 0.1) is 19.1 Å². The van der Waals surface area contributed by atoms with Gasteiger partial charge in [0.15, 0.2) is 0 Å². The van der Waals surface area contributed by atoms with Gasteiger partial charge in [-0.05, 0) is 35.7 Å². The molecule has 0 spiro atoms. The first-order chi connectivity index (χ1) is 8.29. The van der Waals surface area contributed by atoms with Gasteiger partial charge >= 0.3 is 0 Å². The maximum atomic E-state index is 9.34. The number of rotatable bonds is 5. The highest BCUT2D eigenvalue weighted by Crippen LogP contribution is 2.23. The van der Waals surface area contributed by atoms with Crippen molar-refractivity contribution >= 4 is 27.3 Å². The number of benzene rings is 1. The third-order valence-corrected chi connectivity index (χ3v) is 3.99. The Morgan fingerprint density at radius 1 is 1.24 bits per heavy atom. The molecule has 1 aromatic heterocycles. The topological polar surface area (TPSA) is 29.5 Å². The van der Waals surface area contributed by atoms with Crippen molar-refractivity contribution in [1.82, 2.24) is 0 Å². The van der Waals surface area contributed by atoms with E-state index in [4.69, 9.17) is 4.74 Å². The SMILES string of the molecule is OCC(COc1ccc(Br)cc1)c1cccs1. The van der Waals surface area contributed by atoms with Crippen LogP contribution in [0.4, 0.5) is 0 Å². The lowest BCUT2D eigenvalue weighted by molar-refractivity contribution is 0.207. The molecule has 17 heavy (non-hydrogen) atoms. The van der Waals surface area contributed by atoms with Crippen molar-refractivity contribution in [2.75, 3.05) is 13.2 Å². The second kappa shape index (κ2) is 6.19. The average molecular weight is 313 g/mol. The van der Waals surface area contributed by atoms with Crippen molar-refractivity contribution in [3.63, 3.8) is 0 Å². The van der Waals surface area contributed by atoms with Crippen molar-refractivity contribution in [3.05, 3.63) is 51.1 Å². The molecule has 0 bridgehead atoms. The van der Waals surface area contributed by atoms with Gasteiger partial charge in [-0.3, -0.25) is 0 Å². The van der Waals surface area contributed by atoms with E-state index >= 15 is 0 Å². The second-order valence-corrected chi connectivity index (χ2v) is 5.55. The summed E-state index contributed by atoms with van der Waals surface area (Å²) in [6, 6.07) is 11.7. The molecule has 2 rings (SSSR count).